The van der Waals surface area contributed by atoms with Crippen molar-refractivity contribution in [3.05, 3.63) is 61.4 Å². The van der Waals surface area contributed by atoms with E-state index in [1.165, 1.54) is 0 Å². The van der Waals surface area contributed by atoms with Crippen LogP contribution in [0, 0.1) is 0 Å². The Bertz CT molecular complexity index is 831. The molecular formula is C16H13BN6O2. The fraction of sp³-hybridized carbons (Fsp3) is 0. The van der Waals surface area contributed by atoms with Crippen LogP contribution in [-0.4, -0.2) is 37.6 Å². The first-order chi connectivity index (χ1) is 12.4. The number of imidazole rings is 2. The molecule has 0 aromatic carbocycles. The van der Waals surface area contributed by atoms with Crippen LogP contribution in [0.5, 0.6) is 11.5 Å². The smallest absolute Gasteiger partial charge is 0.527 e. The average molecular weight is 332 g/mol. The summed E-state index contributed by atoms with van der Waals surface area (Å²) in [5.74, 6) is 2.64. The Morgan fingerprint density at radius 2 is 1.20 bits per heavy atom. The lowest BCUT2D eigenvalue weighted by Crippen LogP contribution is -2.11. The minimum atomic E-state index is 0.0591. The van der Waals surface area contributed by atoms with Gasteiger partial charge in [0.1, 0.15) is 22.9 Å². The lowest BCUT2D eigenvalue weighted by Gasteiger charge is -2.07. The Morgan fingerprint density at radius 1 is 0.680 bits per heavy atom. The molecule has 0 unspecified atom stereocenters. The molecule has 4 heterocycles. The second kappa shape index (κ2) is 6.87. The maximum Gasteiger partial charge on any atom is 0.576 e. The number of nitrogens with one attached hydrogen (secondary N) is 2. The number of pyridine rings is 2. The van der Waals surface area contributed by atoms with Gasteiger partial charge < -0.3 is 19.3 Å². The van der Waals surface area contributed by atoms with Crippen molar-refractivity contribution in [2.45, 2.75) is 0 Å². The highest BCUT2D eigenvalue weighted by molar-refractivity contribution is 6.20. The summed E-state index contributed by atoms with van der Waals surface area (Å²) in [4.78, 5) is 22.9. The van der Waals surface area contributed by atoms with Gasteiger partial charge in [0.25, 0.3) is 0 Å². The molecule has 2 N–H and O–H groups in total. The Labute approximate surface area is 143 Å². The summed E-state index contributed by atoms with van der Waals surface area (Å²) in [6, 6.07) is 7.28. The summed E-state index contributed by atoms with van der Waals surface area (Å²) in [5.41, 5.74) is 1.49. The number of hydrogen-bond acceptors (Lipinski definition) is 6. The minimum absolute atomic E-state index is 0.0591. The largest absolute Gasteiger partial charge is 0.576 e. The Hall–Kier alpha value is -3.62. The second-order valence-electron chi connectivity index (χ2n) is 5.04. The predicted octanol–water partition coefficient (Wildman–Crippen LogP) is 1.98. The van der Waals surface area contributed by atoms with Gasteiger partial charge in [-0.15, -0.1) is 0 Å². The summed E-state index contributed by atoms with van der Waals surface area (Å²) < 4.78 is 11.0. The van der Waals surface area contributed by atoms with Crippen LogP contribution in [0.25, 0.3) is 23.0 Å². The number of aromatic amines is 2. The summed E-state index contributed by atoms with van der Waals surface area (Å²) >= 11 is 0. The van der Waals surface area contributed by atoms with Gasteiger partial charge in [-0.2, -0.15) is 0 Å². The molecule has 4 aromatic heterocycles. The number of nitrogens with zero attached hydrogens (tertiary/aromatic N) is 4. The first-order valence-corrected chi connectivity index (χ1v) is 7.56. The standard InChI is InChI=1S/C16H13BN6O2/c1-3-13(15-18-5-6-19-15)22-9-11(1)24-17-25-12-2-4-14(23-10-12)16-20-7-8-21-16/h1-10,17H,(H,18,19)(H,20,21). The fourth-order valence-corrected chi connectivity index (χ4v) is 2.19. The second-order valence-corrected chi connectivity index (χ2v) is 5.04. The zero-order chi connectivity index (χ0) is 16.9. The molecule has 0 saturated heterocycles. The van der Waals surface area contributed by atoms with Crippen LogP contribution in [0.3, 0.4) is 0 Å². The SMILES string of the molecule is B(Oc1ccc(-c2ncc[nH]2)nc1)Oc1ccc(-c2ncc[nH]2)nc1. The molecule has 4 aromatic rings. The average Bonchev–Trinajstić information content (AvgIpc) is 3.37. The Kier molecular flexibility index (Phi) is 4.11. The molecular weight excluding hydrogens is 319 g/mol. The predicted molar refractivity (Wildman–Crippen MR) is 92.0 cm³/mol. The molecule has 8 nitrogen and oxygen atoms in total. The molecule has 0 aliphatic carbocycles. The Balaban J connectivity index is 1.31. The van der Waals surface area contributed by atoms with Crippen LogP contribution in [0.15, 0.2) is 61.4 Å². The maximum atomic E-state index is 5.52. The van der Waals surface area contributed by atoms with E-state index in [2.05, 4.69) is 29.9 Å². The highest BCUT2D eigenvalue weighted by Crippen LogP contribution is 2.17. The molecule has 0 spiro atoms. The van der Waals surface area contributed by atoms with Crippen LogP contribution in [0.1, 0.15) is 0 Å². The highest BCUT2D eigenvalue weighted by Gasteiger charge is 2.05. The zero-order valence-electron chi connectivity index (χ0n) is 13.1. The van der Waals surface area contributed by atoms with Crippen molar-refractivity contribution in [3.8, 4) is 34.5 Å². The lowest BCUT2D eigenvalue weighted by atomic mass is 10.3. The fourth-order valence-electron chi connectivity index (χ4n) is 2.19. The van der Waals surface area contributed by atoms with E-state index in [1.807, 2.05) is 24.3 Å². The minimum Gasteiger partial charge on any atom is -0.527 e. The molecule has 0 atom stereocenters. The maximum absolute atomic E-state index is 5.52. The van der Waals surface area contributed by atoms with Crippen molar-refractivity contribution >= 4 is 7.69 Å². The topological polar surface area (TPSA) is 102 Å². The van der Waals surface area contributed by atoms with Crippen molar-refractivity contribution in [2.75, 3.05) is 0 Å². The van der Waals surface area contributed by atoms with E-state index >= 15 is 0 Å². The van der Waals surface area contributed by atoms with Gasteiger partial charge in [-0.05, 0) is 24.3 Å². The van der Waals surface area contributed by atoms with Gasteiger partial charge in [-0.25, -0.2) is 19.9 Å². The monoisotopic (exact) mass is 332 g/mol. The van der Waals surface area contributed by atoms with Gasteiger partial charge in [0.15, 0.2) is 11.6 Å². The van der Waals surface area contributed by atoms with E-state index < -0.39 is 0 Å². The molecule has 4 rings (SSSR count). The van der Waals surface area contributed by atoms with Gasteiger partial charge in [0.2, 0.25) is 0 Å². The van der Waals surface area contributed by atoms with E-state index in [1.54, 1.807) is 37.2 Å². The van der Waals surface area contributed by atoms with Crippen LogP contribution < -0.4 is 9.31 Å². The van der Waals surface area contributed by atoms with Crippen LogP contribution >= 0.6 is 0 Å². The molecule has 9 heteroatoms. The number of hydrogen-bond donors (Lipinski definition) is 2. The molecule has 0 bridgehead atoms. The molecule has 0 aliphatic rings. The first kappa shape index (κ1) is 14.9. The summed E-state index contributed by atoms with van der Waals surface area (Å²) in [7, 11) is 0.0591. The van der Waals surface area contributed by atoms with E-state index in [4.69, 9.17) is 9.31 Å². The van der Waals surface area contributed by atoms with Crippen LogP contribution in [0.2, 0.25) is 0 Å². The van der Waals surface area contributed by atoms with Gasteiger partial charge >= 0.3 is 7.69 Å². The van der Waals surface area contributed by atoms with E-state index in [-0.39, 0.29) is 7.69 Å². The lowest BCUT2D eigenvalue weighted by molar-refractivity contribution is 0.457. The molecule has 0 amide bonds. The number of rotatable bonds is 6. The van der Waals surface area contributed by atoms with E-state index in [0.717, 1.165) is 11.4 Å². The van der Waals surface area contributed by atoms with Gasteiger partial charge in [-0.1, -0.05) is 0 Å². The van der Waals surface area contributed by atoms with Crippen molar-refractivity contribution in [3.63, 3.8) is 0 Å². The quantitative estimate of drug-likeness (QED) is 0.524. The van der Waals surface area contributed by atoms with Gasteiger partial charge in [-0.3, -0.25) is 0 Å². The molecule has 0 radical (unpaired) electrons. The molecule has 0 fully saturated rings. The molecule has 122 valence electrons. The van der Waals surface area contributed by atoms with Crippen LogP contribution in [-0.2, 0) is 0 Å². The molecule has 0 saturated carbocycles. The summed E-state index contributed by atoms with van der Waals surface area (Å²) in [5, 5.41) is 0. The third-order valence-corrected chi connectivity index (χ3v) is 3.41. The van der Waals surface area contributed by atoms with Gasteiger partial charge in [0, 0.05) is 24.8 Å². The summed E-state index contributed by atoms with van der Waals surface area (Å²) in [6.07, 6.45) is 10.1. The third-order valence-electron chi connectivity index (χ3n) is 3.41. The van der Waals surface area contributed by atoms with Crippen LogP contribution in [0.4, 0.5) is 0 Å². The molecule has 25 heavy (non-hydrogen) atoms. The molecule has 0 aliphatic heterocycles. The van der Waals surface area contributed by atoms with Crippen molar-refractivity contribution in [1.82, 2.24) is 29.9 Å². The van der Waals surface area contributed by atoms with Crippen molar-refractivity contribution in [2.24, 2.45) is 0 Å². The number of aromatic nitrogens is 6. The first-order valence-electron chi connectivity index (χ1n) is 7.56. The normalized spacial score (nSPS) is 10.4. The highest BCUT2D eigenvalue weighted by atomic mass is 16.6. The summed E-state index contributed by atoms with van der Waals surface area (Å²) in [6.45, 7) is 0. The number of H-pyrrole nitrogens is 2. The Morgan fingerprint density at radius 3 is 1.56 bits per heavy atom. The van der Waals surface area contributed by atoms with Crippen molar-refractivity contribution in [1.29, 1.82) is 0 Å². The zero-order valence-corrected chi connectivity index (χ0v) is 13.1. The van der Waals surface area contributed by atoms with Gasteiger partial charge in [0.05, 0.1) is 12.4 Å². The third kappa shape index (κ3) is 3.50. The van der Waals surface area contributed by atoms with E-state index in [9.17, 15) is 0 Å². The van der Waals surface area contributed by atoms with E-state index in [0.29, 0.717) is 23.1 Å². The van der Waals surface area contributed by atoms with Crippen molar-refractivity contribution < 1.29 is 9.31 Å².